The van der Waals surface area contributed by atoms with E-state index in [1.165, 1.54) is 0 Å². The van der Waals surface area contributed by atoms with Crippen molar-refractivity contribution < 1.29 is 4.79 Å². The van der Waals surface area contributed by atoms with Crippen LogP contribution in [0.25, 0.3) is 0 Å². The minimum atomic E-state index is -0.406. The number of nitrogens with one attached hydrogen (secondary N) is 1. The van der Waals surface area contributed by atoms with Crippen LogP contribution in [0.15, 0.2) is 29.3 Å². The van der Waals surface area contributed by atoms with Gasteiger partial charge in [-0.05, 0) is 24.1 Å². The zero-order valence-corrected chi connectivity index (χ0v) is 15.3. The zero-order valence-electron chi connectivity index (χ0n) is 12.9. The van der Waals surface area contributed by atoms with Crippen molar-refractivity contribution in [1.29, 1.82) is 0 Å². The lowest BCUT2D eigenvalue weighted by molar-refractivity contribution is 0.1000. The van der Waals surface area contributed by atoms with Gasteiger partial charge in [-0.1, -0.05) is 25.5 Å². The van der Waals surface area contributed by atoms with Crippen LogP contribution in [-0.2, 0) is 6.54 Å². The number of amides is 1. The molecule has 0 aliphatic heterocycles. The Labute approximate surface area is 144 Å². The minimum absolute atomic E-state index is 0. The summed E-state index contributed by atoms with van der Waals surface area (Å²) >= 11 is 0. The molecule has 0 bridgehead atoms. The highest BCUT2D eigenvalue weighted by atomic mass is 127. The number of hydrogen-bond acceptors (Lipinski definition) is 2. The maximum absolute atomic E-state index is 11.1. The standard InChI is InChI=1S/C15H24N4O.HI/c1-4-5-9-19(3)15(17-2)18-11-12-7-6-8-13(10-12)14(16)20;/h6-8,10H,4-5,9,11H2,1-3H3,(H2,16,20)(H,17,18);1H. The Kier molecular flexibility index (Phi) is 9.77. The van der Waals surface area contributed by atoms with Gasteiger partial charge in [0.2, 0.25) is 5.91 Å². The van der Waals surface area contributed by atoms with E-state index in [1.54, 1.807) is 19.2 Å². The van der Waals surface area contributed by atoms with Gasteiger partial charge in [-0.15, -0.1) is 24.0 Å². The van der Waals surface area contributed by atoms with Crippen molar-refractivity contribution in [2.45, 2.75) is 26.3 Å². The van der Waals surface area contributed by atoms with Crippen LogP contribution in [-0.4, -0.2) is 37.4 Å². The molecule has 0 aliphatic carbocycles. The molecule has 0 aliphatic rings. The molecular formula is C15H25IN4O. The fraction of sp³-hybridized carbons (Fsp3) is 0.467. The number of hydrogen-bond donors (Lipinski definition) is 2. The van der Waals surface area contributed by atoms with Gasteiger partial charge in [0.1, 0.15) is 0 Å². The molecule has 0 spiro atoms. The van der Waals surface area contributed by atoms with Gasteiger partial charge >= 0.3 is 0 Å². The van der Waals surface area contributed by atoms with Crippen molar-refractivity contribution in [3.8, 4) is 0 Å². The Morgan fingerprint density at radius 3 is 2.71 bits per heavy atom. The van der Waals surface area contributed by atoms with E-state index in [2.05, 4.69) is 22.1 Å². The van der Waals surface area contributed by atoms with Gasteiger partial charge in [-0.2, -0.15) is 0 Å². The molecule has 0 fully saturated rings. The molecule has 0 aromatic heterocycles. The first kappa shape index (κ1) is 19.7. The summed E-state index contributed by atoms with van der Waals surface area (Å²) in [7, 11) is 3.79. The van der Waals surface area contributed by atoms with Crippen molar-refractivity contribution in [2.75, 3.05) is 20.6 Å². The summed E-state index contributed by atoms with van der Waals surface area (Å²) in [5.41, 5.74) is 6.81. The second kappa shape index (κ2) is 10.4. The van der Waals surface area contributed by atoms with Crippen molar-refractivity contribution in [3.05, 3.63) is 35.4 Å². The maximum atomic E-state index is 11.1. The molecular weight excluding hydrogens is 379 g/mol. The summed E-state index contributed by atoms with van der Waals surface area (Å²) in [6, 6.07) is 7.31. The van der Waals surface area contributed by atoms with Crippen molar-refractivity contribution in [2.24, 2.45) is 10.7 Å². The van der Waals surface area contributed by atoms with Crippen LogP contribution in [0.5, 0.6) is 0 Å². The molecule has 1 aromatic rings. The number of nitrogens with two attached hydrogens (primary N) is 1. The van der Waals surface area contributed by atoms with Crippen LogP contribution in [0.2, 0.25) is 0 Å². The van der Waals surface area contributed by atoms with Crippen LogP contribution in [0.1, 0.15) is 35.7 Å². The van der Waals surface area contributed by atoms with Gasteiger partial charge < -0.3 is 16.0 Å². The Bertz CT molecular complexity index is 476. The number of nitrogens with zero attached hydrogens (tertiary/aromatic N) is 2. The van der Waals surface area contributed by atoms with Gasteiger partial charge in [-0.25, -0.2) is 0 Å². The van der Waals surface area contributed by atoms with Crippen LogP contribution in [0.4, 0.5) is 0 Å². The van der Waals surface area contributed by atoms with E-state index in [1.807, 2.05) is 19.2 Å². The van der Waals surface area contributed by atoms with Crippen molar-refractivity contribution in [1.82, 2.24) is 10.2 Å². The number of rotatable bonds is 6. The first-order chi connectivity index (χ1) is 9.58. The molecule has 0 saturated carbocycles. The number of benzene rings is 1. The zero-order chi connectivity index (χ0) is 15.0. The van der Waals surface area contributed by atoms with Gasteiger partial charge in [-0.3, -0.25) is 9.79 Å². The highest BCUT2D eigenvalue weighted by molar-refractivity contribution is 14.0. The van der Waals surface area contributed by atoms with Crippen molar-refractivity contribution >= 4 is 35.8 Å². The lowest BCUT2D eigenvalue weighted by atomic mass is 10.1. The van der Waals surface area contributed by atoms with Crippen LogP contribution in [0, 0.1) is 0 Å². The average molecular weight is 404 g/mol. The van der Waals surface area contributed by atoms with Crippen LogP contribution in [0.3, 0.4) is 0 Å². The Balaban J connectivity index is 0.00000400. The monoisotopic (exact) mass is 404 g/mol. The predicted octanol–water partition coefficient (Wildman–Crippen LogP) is 2.21. The minimum Gasteiger partial charge on any atom is -0.366 e. The number of primary amides is 1. The van der Waals surface area contributed by atoms with E-state index < -0.39 is 5.91 Å². The Morgan fingerprint density at radius 2 is 2.14 bits per heavy atom. The molecule has 118 valence electrons. The number of guanidine groups is 1. The molecule has 0 saturated heterocycles. The third kappa shape index (κ3) is 6.79. The molecule has 21 heavy (non-hydrogen) atoms. The molecule has 3 N–H and O–H groups in total. The molecule has 0 radical (unpaired) electrons. The molecule has 1 rings (SSSR count). The largest absolute Gasteiger partial charge is 0.366 e. The summed E-state index contributed by atoms with van der Waals surface area (Å²) < 4.78 is 0. The van der Waals surface area contributed by atoms with Crippen LogP contribution < -0.4 is 11.1 Å². The molecule has 1 aromatic carbocycles. The first-order valence-electron chi connectivity index (χ1n) is 6.89. The third-order valence-corrected chi connectivity index (χ3v) is 3.08. The molecule has 0 atom stereocenters. The average Bonchev–Trinajstić information content (AvgIpc) is 2.46. The van der Waals surface area contributed by atoms with E-state index in [-0.39, 0.29) is 24.0 Å². The number of carbonyl (C=O) groups excluding carboxylic acids is 1. The molecule has 1 amide bonds. The van der Waals surface area contributed by atoms with Gasteiger partial charge in [0.05, 0.1) is 0 Å². The summed E-state index contributed by atoms with van der Waals surface area (Å²) in [4.78, 5) is 17.5. The maximum Gasteiger partial charge on any atom is 0.248 e. The van der Waals surface area contributed by atoms with E-state index in [9.17, 15) is 4.79 Å². The number of halogens is 1. The highest BCUT2D eigenvalue weighted by Crippen LogP contribution is 2.04. The van der Waals surface area contributed by atoms with Crippen LogP contribution >= 0.6 is 24.0 Å². The second-order valence-corrected chi connectivity index (χ2v) is 4.74. The normalized spacial score (nSPS) is 10.7. The molecule has 0 heterocycles. The van der Waals surface area contributed by atoms with Gasteiger partial charge in [0.15, 0.2) is 5.96 Å². The van der Waals surface area contributed by atoms with E-state index in [0.29, 0.717) is 12.1 Å². The van der Waals surface area contributed by atoms with Crippen molar-refractivity contribution in [3.63, 3.8) is 0 Å². The second-order valence-electron chi connectivity index (χ2n) is 4.74. The summed E-state index contributed by atoms with van der Waals surface area (Å²) in [5, 5.41) is 3.28. The number of aliphatic imine (C=N–C) groups is 1. The third-order valence-electron chi connectivity index (χ3n) is 3.08. The summed E-state index contributed by atoms with van der Waals surface area (Å²) in [6.07, 6.45) is 2.29. The molecule has 0 unspecified atom stereocenters. The first-order valence-corrected chi connectivity index (χ1v) is 6.89. The number of carbonyl (C=O) groups is 1. The van der Waals surface area contributed by atoms with E-state index >= 15 is 0 Å². The van der Waals surface area contributed by atoms with E-state index in [0.717, 1.165) is 30.9 Å². The Hall–Kier alpha value is -1.31. The van der Waals surface area contributed by atoms with Gasteiger partial charge in [0.25, 0.3) is 0 Å². The lowest BCUT2D eigenvalue weighted by Gasteiger charge is -2.21. The quantitative estimate of drug-likeness (QED) is 0.434. The fourth-order valence-corrected chi connectivity index (χ4v) is 1.90. The summed E-state index contributed by atoms with van der Waals surface area (Å²) in [6.45, 7) is 3.75. The number of unbranched alkanes of at least 4 members (excludes halogenated alkanes) is 1. The topological polar surface area (TPSA) is 70.7 Å². The predicted molar refractivity (Wildman–Crippen MR) is 98.1 cm³/mol. The smallest absolute Gasteiger partial charge is 0.248 e. The summed E-state index contributed by atoms with van der Waals surface area (Å²) in [5.74, 6) is 0.444. The Morgan fingerprint density at radius 1 is 1.43 bits per heavy atom. The fourth-order valence-electron chi connectivity index (χ4n) is 1.90. The van der Waals surface area contributed by atoms with Gasteiger partial charge in [0, 0.05) is 32.7 Å². The molecule has 5 nitrogen and oxygen atoms in total. The SMILES string of the molecule is CCCCN(C)C(=NC)NCc1cccc(C(N)=O)c1.I. The van der Waals surface area contributed by atoms with E-state index in [4.69, 9.17) is 5.73 Å². The highest BCUT2D eigenvalue weighted by Gasteiger charge is 2.06. The lowest BCUT2D eigenvalue weighted by Crippen LogP contribution is -2.39. The molecule has 6 heteroatoms.